The van der Waals surface area contributed by atoms with Crippen LogP contribution in [0.2, 0.25) is 0 Å². The Hall–Kier alpha value is 0.310. The molecular formula is C13H26O4S3. The summed E-state index contributed by atoms with van der Waals surface area (Å²) in [5.41, 5.74) is 0. The Bertz CT molecular complexity index is 238. The quantitative estimate of drug-likeness (QED) is 0.334. The summed E-state index contributed by atoms with van der Waals surface area (Å²) in [5.74, 6) is 2.09. The molecule has 20 heavy (non-hydrogen) atoms. The Morgan fingerprint density at radius 2 is 1.45 bits per heavy atom. The Morgan fingerprint density at radius 3 is 1.85 bits per heavy atom. The zero-order valence-electron chi connectivity index (χ0n) is 12.6. The molecule has 0 saturated carbocycles. The second kappa shape index (κ2) is 19.3. The van der Waals surface area contributed by atoms with Gasteiger partial charge < -0.3 is 9.47 Å². The molecule has 120 valence electrons. The molecule has 7 heteroatoms. The van der Waals surface area contributed by atoms with E-state index >= 15 is 0 Å². The van der Waals surface area contributed by atoms with Crippen LogP contribution in [-0.4, -0.2) is 55.8 Å². The van der Waals surface area contributed by atoms with Gasteiger partial charge in [-0.1, -0.05) is 21.6 Å². The summed E-state index contributed by atoms with van der Waals surface area (Å²) in [7, 11) is 3.51. The maximum atomic E-state index is 10.4. The lowest BCUT2D eigenvalue weighted by molar-refractivity contribution is -0.118. The topological polar surface area (TPSA) is 52.6 Å². The zero-order valence-corrected chi connectivity index (χ0v) is 15.1. The summed E-state index contributed by atoms with van der Waals surface area (Å²) < 4.78 is 10.2. The lowest BCUT2D eigenvalue weighted by atomic mass is 10.3. The fraction of sp³-hybridized carbons (Fsp3) is 0.846. The van der Waals surface area contributed by atoms with Crippen LogP contribution in [-0.2, 0) is 19.1 Å². The van der Waals surface area contributed by atoms with Crippen LogP contribution in [0.3, 0.4) is 0 Å². The van der Waals surface area contributed by atoms with Crippen molar-refractivity contribution in [1.82, 2.24) is 0 Å². The van der Waals surface area contributed by atoms with Gasteiger partial charge in [-0.3, -0.25) is 9.59 Å². The van der Waals surface area contributed by atoms with Crippen molar-refractivity contribution in [3.63, 3.8) is 0 Å². The number of thiol groups is 1. The third-order valence-electron chi connectivity index (χ3n) is 1.86. The van der Waals surface area contributed by atoms with Crippen LogP contribution in [0.5, 0.6) is 0 Å². The van der Waals surface area contributed by atoms with E-state index in [-0.39, 0.29) is 11.6 Å². The van der Waals surface area contributed by atoms with Gasteiger partial charge in [-0.05, 0) is 20.1 Å². The van der Waals surface area contributed by atoms with Crippen LogP contribution >= 0.6 is 34.2 Å². The number of hydrogen-bond donors (Lipinski definition) is 1. The van der Waals surface area contributed by atoms with Crippen molar-refractivity contribution < 1.29 is 19.1 Å². The Labute approximate surface area is 135 Å². The lowest BCUT2D eigenvalue weighted by Crippen LogP contribution is -2.02. The molecule has 0 aromatic heterocycles. The van der Waals surface area contributed by atoms with Gasteiger partial charge in [0.15, 0.2) is 0 Å². The van der Waals surface area contributed by atoms with Crippen molar-refractivity contribution >= 4 is 45.8 Å². The molecule has 0 rings (SSSR count). The van der Waals surface area contributed by atoms with Crippen molar-refractivity contribution in [3.8, 4) is 0 Å². The predicted octanol–water partition coefficient (Wildman–Crippen LogP) is 2.91. The van der Waals surface area contributed by atoms with Crippen LogP contribution in [0, 0.1) is 0 Å². The van der Waals surface area contributed by atoms with Crippen LogP contribution in [0.4, 0.5) is 0 Å². The largest absolute Gasteiger partial charge is 0.380 e. The van der Waals surface area contributed by atoms with Crippen molar-refractivity contribution in [3.05, 3.63) is 0 Å². The highest BCUT2D eigenvalue weighted by atomic mass is 33.1. The van der Waals surface area contributed by atoms with Crippen LogP contribution in [0.1, 0.15) is 26.7 Å². The summed E-state index contributed by atoms with van der Waals surface area (Å²) in [6, 6.07) is 0. The molecule has 0 aromatic rings. The predicted molar refractivity (Wildman–Crippen MR) is 92.1 cm³/mol. The number of carbonyl (C=O) groups is 2. The maximum Gasteiger partial charge on any atom is 0.132 e. The molecular weight excluding hydrogens is 316 g/mol. The van der Waals surface area contributed by atoms with E-state index in [2.05, 4.69) is 12.6 Å². The molecule has 0 amide bonds. The minimum atomic E-state index is 0.175. The number of hydrogen-bond acceptors (Lipinski definition) is 7. The minimum Gasteiger partial charge on any atom is -0.380 e. The van der Waals surface area contributed by atoms with Gasteiger partial charge in [0.2, 0.25) is 0 Å². The Kier molecular flexibility index (Phi) is 21.8. The van der Waals surface area contributed by atoms with E-state index in [0.29, 0.717) is 32.7 Å². The first kappa shape index (κ1) is 22.6. The van der Waals surface area contributed by atoms with Crippen LogP contribution in [0.25, 0.3) is 0 Å². The number of carbonyl (C=O) groups excluding carboxylic acids is 2. The van der Waals surface area contributed by atoms with Crippen molar-refractivity contribution in [1.29, 1.82) is 0 Å². The molecule has 0 aliphatic rings. The van der Waals surface area contributed by atoms with E-state index in [0.717, 1.165) is 18.1 Å². The van der Waals surface area contributed by atoms with Gasteiger partial charge >= 0.3 is 0 Å². The normalized spacial score (nSPS) is 9.80. The Balaban J connectivity index is 0. The van der Waals surface area contributed by atoms with Gasteiger partial charge in [0, 0.05) is 24.3 Å². The minimum absolute atomic E-state index is 0.175. The summed E-state index contributed by atoms with van der Waals surface area (Å²) in [6.45, 7) is 5.64. The number of Topliss-reactive ketones (excluding diaryl/α,β-unsaturated/α-hetero) is 2. The van der Waals surface area contributed by atoms with E-state index in [1.807, 2.05) is 6.26 Å². The van der Waals surface area contributed by atoms with Gasteiger partial charge in [-0.2, -0.15) is 12.6 Å². The SMILES string of the molecule is CC(=O)CCOCCS.CSSCCOCCC(C)=O. The maximum absolute atomic E-state index is 10.4. The fourth-order valence-corrected chi connectivity index (χ4v) is 2.06. The van der Waals surface area contributed by atoms with Gasteiger partial charge in [-0.15, -0.1) is 0 Å². The molecule has 0 unspecified atom stereocenters. The van der Waals surface area contributed by atoms with Crippen molar-refractivity contribution in [2.45, 2.75) is 26.7 Å². The number of ketones is 2. The highest BCUT2D eigenvalue weighted by molar-refractivity contribution is 8.76. The van der Waals surface area contributed by atoms with Crippen LogP contribution in [0.15, 0.2) is 0 Å². The van der Waals surface area contributed by atoms with Gasteiger partial charge in [0.05, 0.1) is 26.4 Å². The first-order valence-corrected chi connectivity index (χ1v) is 9.81. The summed E-state index contributed by atoms with van der Waals surface area (Å²) in [5, 5.41) is 0. The van der Waals surface area contributed by atoms with E-state index in [1.165, 1.54) is 0 Å². The molecule has 0 heterocycles. The average molecular weight is 343 g/mol. The molecule has 0 atom stereocenters. The molecule has 4 nitrogen and oxygen atoms in total. The molecule has 0 radical (unpaired) electrons. The molecule has 0 bridgehead atoms. The molecule has 0 saturated heterocycles. The Morgan fingerprint density at radius 1 is 0.950 bits per heavy atom. The first-order chi connectivity index (χ1) is 9.54. The molecule has 0 fully saturated rings. The van der Waals surface area contributed by atoms with Crippen molar-refractivity contribution in [2.24, 2.45) is 0 Å². The highest BCUT2D eigenvalue weighted by Gasteiger charge is 1.93. The summed E-state index contributed by atoms with van der Waals surface area (Å²) in [6.07, 6.45) is 3.11. The standard InChI is InChI=1S/C7H14O2S2.C6H12O2S/c1-7(8)3-4-9-5-6-11-10-2;1-6(7)2-3-8-4-5-9/h3-6H2,1-2H3;9H,2-5H2,1H3. The molecule has 0 aromatic carbocycles. The van der Waals surface area contributed by atoms with E-state index in [1.54, 1.807) is 35.4 Å². The first-order valence-electron chi connectivity index (χ1n) is 6.45. The third-order valence-corrected chi connectivity index (χ3v) is 3.82. The fourth-order valence-electron chi connectivity index (χ4n) is 0.877. The second-order valence-corrected chi connectivity index (χ2v) is 6.97. The molecule has 0 aliphatic carbocycles. The molecule has 0 N–H and O–H groups in total. The van der Waals surface area contributed by atoms with Gasteiger partial charge in [0.1, 0.15) is 11.6 Å². The zero-order chi connectivity index (χ0) is 15.6. The van der Waals surface area contributed by atoms with Crippen molar-refractivity contribution in [2.75, 3.05) is 44.2 Å². The summed E-state index contributed by atoms with van der Waals surface area (Å²) >= 11 is 3.94. The number of rotatable bonds is 12. The number of ether oxygens (including phenoxy) is 2. The highest BCUT2D eigenvalue weighted by Crippen LogP contribution is 2.15. The third kappa shape index (κ3) is 26.8. The van der Waals surface area contributed by atoms with Gasteiger partial charge in [0.25, 0.3) is 0 Å². The van der Waals surface area contributed by atoms with Gasteiger partial charge in [-0.25, -0.2) is 0 Å². The smallest absolute Gasteiger partial charge is 0.132 e. The average Bonchev–Trinajstić information content (AvgIpc) is 2.39. The summed E-state index contributed by atoms with van der Waals surface area (Å²) in [4.78, 5) is 20.8. The molecule has 0 aliphatic heterocycles. The monoisotopic (exact) mass is 342 g/mol. The molecule has 0 spiro atoms. The van der Waals surface area contributed by atoms with E-state index < -0.39 is 0 Å². The van der Waals surface area contributed by atoms with Crippen LogP contribution < -0.4 is 0 Å². The van der Waals surface area contributed by atoms with E-state index in [4.69, 9.17) is 9.47 Å². The second-order valence-electron chi connectivity index (χ2n) is 3.84. The van der Waals surface area contributed by atoms with E-state index in [9.17, 15) is 9.59 Å². The lowest BCUT2D eigenvalue weighted by Gasteiger charge is -2.00.